The van der Waals surface area contributed by atoms with Crippen LogP contribution in [0.25, 0.3) is 28.2 Å². The molecule has 1 aromatic carbocycles. The number of rotatable bonds is 9. The van der Waals surface area contributed by atoms with Crippen LogP contribution in [-0.4, -0.2) is 82.9 Å². The van der Waals surface area contributed by atoms with Crippen LogP contribution < -0.4 is 14.5 Å². The molecule has 3 fully saturated rings. The van der Waals surface area contributed by atoms with Crippen LogP contribution in [0.3, 0.4) is 0 Å². The number of hydrogen-bond acceptors (Lipinski definition) is 9. The summed E-state index contributed by atoms with van der Waals surface area (Å²) in [4.78, 5) is 13.3. The summed E-state index contributed by atoms with van der Waals surface area (Å²) in [6.07, 6.45) is 9.38. The zero-order valence-electron chi connectivity index (χ0n) is 25.3. The Hall–Kier alpha value is -4.17. The monoisotopic (exact) mass is 650 g/mol. The molecule has 4 aromatic rings. The first-order chi connectivity index (χ1) is 22.1. The van der Waals surface area contributed by atoms with Gasteiger partial charge < -0.3 is 14.9 Å². The van der Waals surface area contributed by atoms with Crippen molar-refractivity contribution in [1.82, 2.24) is 25.0 Å². The summed E-state index contributed by atoms with van der Waals surface area (Å²) in [5.74, 6) is -2.49. The third-order valence-corrected chi connectivity index (χ3v) is 10.6. The highest BCUT2D eigenvalue weighted by atomic mass is 32.2. The Morgan fingerprint density at radius 1 is 0.891 bits per heavy atom. The van der Waals surface area contributed by atoms with E-state index in [0.717, 1.165) is 48.4 Å². The molecule has 14 heteroatoms. The number of nitrogens with one attached hydrogen (secondary N) is 1. The minimum atomic E-state index is -3.70. The topological polar surface area (TPSA) is 129 Å². The maximum Gasteiger partial charge on any atom is 0.251 e. The van der Waals surface area contributed by atoms with E-state index < -0.39 is 28.3 Å². The maximum atomic E-state index is 14.0. The van der Waals surface area contributed by atoms with Gasteiger partial charge in [-0.3, -0.25) is 9.71 Å². The van der Waals surface area contributed by atoms with Gasteiger partial charge in [-0.15, -0.1) is 5.10 Å². The first-order valence-corrected chi connectivity index (χ1v) is 17.3. The van der Waals surface area contributed by atoms with E-state index in [-0.39, 0.29) is 25.9 Å². The van der Waals surface area contributed by atoms with E-state index in [0.29, 0.717) is 28.3 Å². The molecule has 2 saturated heterocycles. The average Bonchev–Trinajstić information content (AvgIpc) is 3.61. The average molecular weight is 651 g/mol. The molecule has 0 amide bonds. The molecule has 3 aliphatic rings. The van der Waals surface area contributed by atoms with Crippen LogP contribution >= 0.6 is 0 Å². The van der Waals surface area contributed by atoms with Gasteiger partial charge in [-0.25, -0.2) is 26.9 Å². The molecule has 2 aliphatic heterocycles. The number of halogens is 2. The Bertz CT molecular complexity index is 1810. The van der Waals surface area contributed by atoms with E-state index in [1.54, 1.807) is 29.3 Å². The summed E-state index contributed by atoms with van der Waals surface area (Å²) in [7, 11) is -3.70. The molecule has 3 aromatic heterocycles. The van der Waals surface area contributed by atoms with Crippen LogP contribution in [0.2, 0.25) is 0 Å². The molecule has 0 unspecified atom stereocenters. The second-order valence-corrected chi connectivity index (χ2v) is 14.4. The third kappa shape index (κ3) is 6.41. The number of pyridine rings is 2. The molecular weight excluding hydrogens is 614 g/mol. The highest BCUT2D eigenvalue weighted by Gasteiger charge is 2.44. The third-order valence-electron chi connectivity index (χ3n) is 9.38. The van der Waals surface area contributed by atoms with E-state index in [1.807, 2.05) is 41.3 Å². The summed E-state index contributed by atoms with van der Waals surface area (Å²) >= 11 is 0. The van der Waals surface area contributed by atoms with Crippen molar-refractivity contribution in [3.63, 3.8) is 0 Å². The number of aliphatic hydroxyl groups is 1. The summed E-state index contributed by atoms with van der Waals surface area (Å²) in [6, 6.07) is 12.8. The molecule has 2 N–H and O–H groups in total. The number of piperidine rings is 2. The number of sulfonamides is 1. The number of aromatic nitrogens is 5. The standard InChI is InChI=1S/C32H36F2N8O3S/c33-32(34)11-16-41(17-12-32)30-25(23-2-1-13-35-21-23)4-5-26(36-30)27-22-42(39-37-27)28-6-3-24(38-46(44,45)19-18-43)20-29(28)40-14-9-31(7-8-31)10-15-40/h1-6,13,20-22,38,43H,7-12,14-19H2. The molecule has 0 atom stereocenters. The van der Waals surface area contributed by atoms with E-state index in [4.69, 9.17) is 4.98 Å². The Morgan fingerprint density at radius 3 is 2.35 bits per heavy atom. The summed E-state index contributed by atoms with van der Waals surface area (Å²) in [5.41, 5.74) is 5.12. The molecule has 1 aliphatic carbocycles. The summed E-state index contributed by atoms with van der Waals surface area (Å²) < 4.78 is 57.2. The molecule has 1 spiro atoms. The van der Waals surface area contributed by atoms with Gasteiger partial charge in [-0.05, 0) is 67.5 Å². The van der Waals surface area contributed by atoms with E-state index >= 15 is 0 Å². The smallest absolute Gasteiger partial charge is 0.251 e. The SMILES string of the molecule is O=S(=O)(CCO)Nc1ccc(-n2cc(-c3ccc(-c4cccnc4)c(N4CCC(F)(F)CC4)n3)nn2)c(N2CCC3(CC2)CC3)c1. The van der Waals surface area contributed by atoms with Gasteiger partial charge in [-0.1, -0.05) is 11.3 Å². The summed E-state index contributed by atoms with van der Waals surface area (Å²) in [5, 5.41) is 18.1. The van der Waals surface area contributed by atoms with Crippen LogP contribution in [0.1, 0.15) is 38.5 Å². The number of benzene rings is 1. The van der Waals surface area contributed by atoms with Gasteiger partial charge in [0.15, 0.2) is 0 Å². The van der Waals surface area contributed by atoms with Gasteiger partial charge in [0.25, 0.3) is 5.92 Å². The fraction of sp³-hybridized carbons (Fsp3) is 0.438. The van der Waals surface area contributed by atoms with Crippen LogP contribution in [-0.2, 0) is 10.0 Å². The highest BCUT2D eigenvalue weighted by molar-refractivity contribution is 7.92. The highest BCUT2D eigenvalue weighted by Crippen LogP contribution is 2.54. The van der Waals surface area contributed by atoms with Crippen molar-refractivity contribution in [2.75, 3.05) is 53.1 Å². The predicted octanol–water partition coefficient (Wildman–Crippen LogP) is 4.74. The fourth-order valence-corrected chi connectivity index (χ4v) is 7.24. The predicted molar refractivity (Wildman–Crippen MR) is 172 cm³/mol. The molecule has 1 saturated carbocycles. The first kappa shape index (κ1) is 30.5. The Labute approximate surface area is 266 Å². The Kier molecular flexibility index (Phi) is 7.87. The van der Waals surface area contributed by atoms with Crippen molar-refractivity contribution in [3.05, 3.63) is 61.1 Å². The Balaban J connectivity index is 1.23. The number of alkyl halides is 2. The zero-order chi connectivity index (χ0) is 31.9. The first-order valence-electron chi connectivity index (χ1n) is 15.6. The lowest BCUT2D eigenvalue weighted by Crippen LogP contribution is -2.40. The van der Waals surface area contributed by atoms with Crippen molar-refractivity contribution in [3.8, 4) is 28.2 Å². The second-order valence-electron chi connectivity index (χ2n) is 12.5. The minimum Gasteiger partial charge on any atom is -0.395 e. The van der Waals surface area contributed by atoms with Gasteiger partial charge in [-0.2, -0.15) is 0 Å². The van der Waals surface area contributed by atoms with Crippen molar-refractivity contribution in [2.45, 2.75) is 44.4 Å². The van der Waals surface area contributed by atoms with E-state index in [2.05, 4.69) is 24.9 Å². The largest absolute Gasteiger partial charge is 0.395 e. The molecular formula is C32H36F2N8O3S. The molecule has 0 bridgehead atoms. The van der Waals surface area contributed by atoms with Crippen molar-refractivity contribution in [2.24, 2.45) is 5.41 Å². The molecule has 0 radical (unpaired) electrons. The van der Waals surface area contributed by atoms with Crippen LogP contribution in [0.4, 0.5) is 26.0 Å². The number of nitrogens with zero attached hydrogens (tertiary/aromatic N) is 7. The number of aliphatic hydroxyl groups excluding tert-OH is 1. The van der Waals surface area contributed by atoms with E-state index in [9.17, 15) is 22.3 Å². The lowest BCUT2D eigenvalue weighted by molar-refractivity contribution is -0.0221. The van der Waals surface area contributed by atoms with E-state index in [1.165, 1.54) is 12.8 Å². The molecule has 46 heavy (non-hydrogen) atoms. The van der Waals surface area contributed by atoms with Crippen molar-refractivity contribution >= 4 is 27.2 Å². The molecule has 5 heterocycles. The van der Waals surface area contributed by atoms with Crippen molar-refractivity contribution in [1.29, 1.82) is 0 Å². The second kappa shape index (κ2) is 11.9. The number of hydrogen-bond donors (Lipinski definition) is 2. The normalized spacial score (nSPS) is 18.9. The van der Waals surface area contributed by atoms with Crippen LogP contribution in [0.5, 0.6) is 0 Å². The molecule has 11 nitrogen and oxygen atoms in total. The van der Waals surface area contributed by atoms with Crippen LogP contribution in [0.15, 0.2) is 61.1 Å². The Morgan fingerprint density at radius 2 is 1.65 bits per heavy atom. The lowest BCUT2D eigenvalue weighted by atomic mass is 9.93. The lowest BCUT2D eigenvalue weighted by Gasteiger charge is -2.35. The van der Waals surface area contributed by atoms with Gasteiger partial charge in [0.1, 0.15) is 11.5 Å². The van der Waals surface area contributed by atoms with Gasteiger partial charge in [0.2, 0.25) is 10.0 Å². The van der Waals surface area contributed by atoms with Gasteiger partial charge in [0.05, 0.1) is 41.3 Å². The molecule has 242 valence electrons. The maximum absolute atomic E-state index is 14.0. The minimum absolute atomic E-state index is 0.179. The zero-order valence-corrected chi connectivity index (χ0v) is 26.1. The van der Waals surface area contributed by atoms with Gasteiger partial charge in [0, 0.05) is 62.5 Å². The van der Waals surface area contributed by atoms with Crippen LogP contribution in [0, 0.1) is 5.41 Å². The number of anilines is 3. The molecule has 7 rings (SSSR count). The fourth-order valence-electron chi connectivity index (χ4n) is 6.41. The van der Waals surface area contributed by atoms with Crippen molar-refractivity contribution < 1.29 is 22.3 Å². The summed E-state index contributed by atoms with van der Waals surface area (Å²) in [6.45, 7) is 1.57. The quantitative estimate of drug-likeness (QED) is 0.264. The van der Waals surface area contributed by atoms with Gasteiger partial charge >= 0.3 is 0 Å².